The van der Waals surface area contributed by atoms with Crippen LogP contribution in [0, 0.1) is 0 Å². The molecule has 8 heteroatoms. The lowest BCUT2D eigenvalue weighted by Gasteiger charge is -2.29. The predicted octanol–water partition coefficient (Wildman–Crippen LogP) is 2.25. The molecule has 0 aliphatic heterocycles. The minimum atomic E-state index is -4.43. The summed E-state index contributed by atoms with van der Waals surface area (Å²) >= 11 is 0. The highest BCUT2D eigenvalue weighted by molar-refractivity contribution is 5.87. The van der Waals surface area contributed by atoms with E-state index >= 15 is 0 Å². The van der Waals surface area contributed by atoms with E-state index in [1.54, 1.807) is 0 Å². The van der Waals surface area contributed by atoms with Gasteiger partial charge in [0.2, 0.25) is 5.91 Å². The van der Waals surface area contributed by atoms with Gasteiger partial charge in [0.1, 0.15) is 12.1 Å². The van der Waals surface area contributed by atoms with Crippen LogP contribution in [0.1, 0.15) is 44.9 Å². The minimum absolute atomic E-state index is 0.287. The van der Waals surface area contributed by atoms with Gasteiger partial charge >= 0.3 is 12.1 Å². The lowest BCUT2D eigenvalue weighted by Crippen LogP contribution is -2.54. The summed E-state index contributed by atoms with van der Waals surface area (Å²) in [5.74, 6) is -1.68. The molecule has 0 heterocycles. The molecule has 0 bridgehead atoms. The Morgan fingerprint density at radius 2 is 1.71 bits per heavy atom. The number of carbonyl (C=O) groups excluding carboxylic acids is 1. The van der Waals surface area contributed by atoms with Crippen LogP contribution in [-0.4, -0.2) is 41.9 Å². The van der Waals surface area contributed by atoms with E-state index in [4.69, 9.17) is 0 Å². The highest BCUT2D eigenvalue weighted by Gasteiger charge is 2.39. The number of nitrogens with one attached hydrogen (secondary N) is 1. The van der Waals surface area contributed by atoms with Crippen LogP contribution >= 0.6 is 0 Å². The predicted molar refractivity (Wildman–Crippen MR) is 67.7 cm³/mol. The van der Waals surface area contributed by atoms with Gasteiger partial charge in [-0.2, -0.15) is 13.2 Å². The van der Waals surface area contributed by atoms with Crippen LogP contribution in [0.25, 0.3) is 0 Å². The zero-order chi connectivity index (χ0) is 15.9. The van der Waals surface area contributed by atoms with Crippen molar-refractivity contribution < 1.29 is 32.6 Å². The molecule has 0 aromatic rings. The van der Waals surface area contributed by atoms with E-state index in [-0.39, 0.29) is 13.0 Å². The van der Waals surface area contributed by atoms with Crippen molar-refractivity contribution >= 4 is 11.9 Å². The van der Waals surface area contributed by atoms with Crippen LogP contribution < -0.4 is 5.32 Å². The van der Waals surface area contributed by atoms with Gasteiger partial charge in [0.15, 0.2) is 0 Å². The largest absolute Gasteiger partial charge is 0.480 e. The number of carboxylic acid groups (broad SMARTS) is 1. The summed E-state index contributed by atoms with van der Waals surface area (Å²) in [6.07, 6.45) is -0.784. The monoisotopic (exact) mass is 311 g/mol. The zero-order valence-electron chi connectivity index (χ0n) is 11.7. The highest BCUT2D eigenvalue weighted by atomic mass is 19.4. The molecule has 0 aromatic carbocycles. The third-order valence-electron chi connectivity index (χ3n) is 3.48. The van der Waals surface area contributed by atoms with Crippen LogP contribution in [0.2, 0.25) is 0 Å². The van der Waals surface area contributed by atoms with Gasteiger partial charge in [0.25, 0.3) is 0 Å². The van der Waals surface area contributed by atoms with Crippen molar-refractivity contribution in [1.29, 1.82) is 0 Å². The average Bonchev–Trinajstić information content (AvgIpc) is 2.60. The number of amides is 1. The Balaban J connectivity index is 2.44. The topological polar surface area (TPSA) is 75.6 Å². The third-order valence-corrected chi connectivity index (χ3v) is 3.48. The van der Waals surface area contributed by atoms with Gasteiger partial charge in [-0.15, -0.1) is 0 Å². The van der Waals surface area contributed by atoms with Gasteiger partial charge in [0.05, 0.1) is 6.61 Å². The molecule has 0 radical (unpaired) electrons. The Kier molecular flexibility index (Phi) is 6.44. The highest BCUT2D eigenvalue weighted by Crippen LogP contribution is 2.27. The molecule has 1 amide bonds. The average molecular weight is 311 g/mol. The minimum Gasteiger partial charge on any atom is -0.480 e. The van der Waals surface area contributed by atoms with Gasteiger partial charge in [-0.05, 0) is 12.8 Å². The molecule has 1 aliphatic carbocycles. The Bertz CT molecular complexity index is 363. The molecule has 0 unspecified atom stereocenters. The summed E-state index contributed by atoms with van der Waals surface area (Å²) < 4.78 is 39.9. The maximum atomic E-state index is 11.9. The number of halogens is 3. The van der Waals surface area contributed by atoms with Crippen LogP contribution in [0.4, 0.5) is 13.2 Å². The fourth-order valence-electron chi connectivity index (χ4n) is 2.41. The Morgan fingerprint density at radius 3 is 2.19 bits per heavy atom. The van der Waals surface area contributed by atoms with Crippen molar-refractivity contribution in [2.24, 2.45) is 0 Å². The lowest BCUT2D eigenvalue weighted by molar-refractivity contribution is -0.174. The maximum Gasteiger partial charge on any atom is 0.411 e. The summed E-state index contributed by atoms with van der Waals surface area (Å²) in [6.45, 7) is -1.80. The number of carbonyl (C=O) groups is 2. The van der Waals surface area contributed by atoms with E-state index < -0.39 is 30.2 Å². The van der Waals surface area contributed by atoms with E-state index in [1.165, 1.54) is 0 Å². The normalized spacial score (nSPS) is 18.8. The first kappa shape index (κ1) is 17.7. The molecular weight excluding hydrogens is 291 g/mol. The summed E-state index contributed by atoms with van der Waals surface area (Å²) in [6, 6.07) is 0. The van der Waals surface area contributed by atoms with Gasteiger partial charge in [-0.3, -0.25) is 4.79 Å². The van der Waals surface area contributed by atoms with Gasteiger partial charge in [-0.25, -0.2) is 4.79 Å². The number of alkyl halides is 3. The van der Waals surface area contributed by atoms with Crippen LogP contribution in [0.3, 0.4) is 0 Å². The van der Waals surface area contributed by atoms with Crippen molar-refractivity contribution in [3.05, 3.63) is 0 Å². The molecule has 1 aliphatic rings. The van der Waals surface area contributed by atoms with Crippen LogP contribution in [0.5, 0.6) is 0 Å². The summed E-state index contributed by atoms with van der Waals surface area (Å²) in [5, 5.41) is 11.8. The number of aliphatic carboxylic acids is 1. The zero-order valence-corrected chi connectivity index (χ0v) is 11.7. The summed E-state index contributed by atoms with van der Waals surface area (Å²) in [7, 11) is 0. The molecule has 122 valence electrons. The SMILES string of the molecule is O=C(CCOCC(F)(F)F)NC1(C(=O)O)CCCCCC1. The van der Waals surface area contributed by atoms with Crippen molar-refractivity contribution in [3.8, 4) is 0 Å². The fourth-order valence-corrected chi connectivity index (χ4v) is 2.41. The summed E-state index contributed by atoms with van der Waals surface area (Å²) in [4.78, 5) is 23.2. The first-order valence-electron chi connectivity index (χ1n) is 6.94. The van der Waals surface area contributed by atoms with Crippen LogP contribution in [-0.2, 0) is 14.3 Å². The van der Waals surface area contributed by atoms with Crippen molar-refractivity contribution in [3.63, 3.8) is 0 Å². The molecule has 0 atom stereocenters. The number of hydrogen-bond donors (Lipinski definition) is 2. The Morgan fingerprint density at radius 1 is 1.14 bits per heavy atom. The molecule has 1 fully saturated rings. The molecule has 0 spiro atoms. The molecule has 2 N–H and O–H groups in total. The molecule has 1 saturated carbocycles. The molecule has 0 saturated heterocycles. The van der Waals surface area contributed by atoms with E-state index in [9.17, 15) is 27.9 Å². The molecular formula is C13H20F3NO4. The number of ether oxygens (including phenoxy) is 1. The van der Waals surface area contributed by atoms with Gasteiger partial charge in [-0.1, -0.05) is 25.7 Å². The lowest BCUT2D eigenvalue weighted by atomic mass is 9.90. The first-order valence-corrected chi connectivity index (χ1v) is 6.94. The Hall–Kier alpha value is -1.31. The second-order valence-corrected chi connectivity index (χ2v) is 5.27. The molecule has 5 nitrogen and oxygen atoms in total. The molecule has 21 heavy (non-hydrogen) atoms. The maximum absolute atomic E-state index is 11.9. The standard InChI is InChI=1S/C13H20F3NO4/c14-13(15,16)9-21-8-5-10(18)17-12(11(19)20)6-3-1-2-4-7-12/h1-9H2,(H,17,18)(H,19,20). The third kappa shape index (κ3) is 6.33. The number of rotatable bonds is 6. The fraction of sp³-hybridized carbons (Fsp3) is 0.846. The van der Waals surface area contributed by atoms with Crippen molar-refractivity contribution in [2.75, 3.05) is 13.2 Å². The second-order valence-electron chi connectivity index (χ2n) is 5.27. The van der Waals surface area contributed by atoms with E-state index in [0.29, 0.717) is 25.7 Å². The summed E-state index contributed by atoms with van der Waals surface area (Å²) in [5.41, 5.74) is -1.29. The second kappa shape index (κ2) is 7.63. The van der Waals surface area contributed by atoms with Crippen LogP contribution in [0.15, 0.2) is 0 Å². The number of carboxylic acids is 1. The van der Waals surface area contributed by atoms with E-state index in [1.807, 2.05) is 0 Å². The first-order chi connectivity index (χ1) is 9.75. The Labute approximate surface area is 120 Å². The van der Waals surface area contributed by atoms with Gasteiger partial charge < -0.3 is 15.2 Å². The number of hydrogen-bond acceptors (Lipinski definition) is 3. The molecule has 1 rings (SSSR count). The van der Waals surface area contributed by atoms with Gasteiger partial charge in [0, 0.05) is 6.42 Å². The quantitative estimate of drug-likeness (QED) is 0.583. The van der Waals surface area contributed by atoms with Crippen molar-refractivity contribution in [2.45, 2.75) is 56.7 Å². The van der Waals surface area contributed by atoms with E-state index in [2.05, 4.69) is 10.1 Å². The molecule has 0 aromatic heterocycles. The van der Waals surface area contributed by atoms with E-state index in [0.717, 1.165) is 12.8 Å². The van der Waals surface area contributed by atoms with Crippen molar-refractivity contribution in [1.82, 2.24) is 5.32 Å². The smallest absolute Gasteiger partial charge is 0.411 e.